The fourth-order valence-corrected chi connectivity index (χ4v) is 2.97. The van der Waals surface area contributed by atoms with Crippen molar-refractivity contribution in [2.24, 2.45) is 17.2 Å². The average Bonchev–Trinajstić information content (AvgIpc) is 2.76. The molecule has 0 saturated carbocycles. The maximum atomic E-state index is 12.8. The number of rotatable bonds is 18. The van der Waals surface area contributed by atoms with E-state index in [0.29, 0.717) is 38.8 Å². The highest BCUT2D eigenvalue weighted by Gasteiger charge is 2.31. The second kappa shape index (κ2) is 17.1. The molecule has 3 amide bonds. The Bertz CT molecular complexity index is 667. The number of nitrogens with one attached hydrogen (secondary N) is 3. The van der Waals surface area contributed by atoms with Crippen LogP contribution in [0.2, 0.25) is 0 Å². The lowest BCUT2D eigenvalue weighted by atomic mass is 10.1. The van der Waals surface area contributed by atoms with Gasteiger partial charge in [0.1, 0.15) is 18.1 Å². The van der Waals surface area contributed by atoms with Gasteiger partial charge in [-0.05, 0) is 51.6 Å². The number of aliphatic carboxylic acids is 2. The van der Waals surface area contributed by atoms with Gasteiger partial charge in [-0.1, -0.05) is 0 Å². The molecule has 0 aliphatic carbocycles. The molecule has 0 aromatic rings. The van der Waals surface area contributed by atoms with Crippen LogP contribution < -0.4 is 33.2 Å². The molecule has 0 bridgehead atoms. The van der Waals surface area contributed by atoms with Gasteiger partial charge in [-0.3, -0.25) is 19.2 Å². The van der Waals surface area contributed by atoms with Crippen LogP contribution in [0, 0.1) is 0 Å². The number of amides is 3. The van der Waals surface area contributed by atoms with E-state index in [2.05, 4.69) is 28.6 Å². The number of carbonyl (C=O) groups excluding carboxylic acids is 3. The van der Waals surface area contributed by atoms with Gasteiger partial charge >= 0.3 is 11.9 Å². The quantitative estimate of drug-likeness (QED) is 0.0720. The molecule has 13 nitrogen and oxygen atoms in total. The summed E-state index contributed by atoms with van der Waals surface area (Å²) in [5.41, 5.74) is 16.5. The fraction of sp³-hybridized carbons (Fsp3) is 0.737. The Hall–Kier alpha value is -2.42. The summed E-state index contributed by atoms with van der Waals surface area (Å²) >= 11 is 3.94. The van der Waals surface area contributed by atoms with Crippen LogP contribution in [0.5, 0.6) is 0 Å². The standard InChI is InChI=1S/C19H36N6O7S/c20-7-3-1-5-12(23-16(28)11(22)10-33)17(29)25-14(9-15(26)27)18(30)24-13(19(31)32)6-2-4-8-21/h11-14,33H,1-10,20-22H2,(H,23,28)(H,24,30)(H,25,29)(H,26,27)(H,31,32). The van der Waals surface area contributed by atoms with Crippen LogP contribution >= 0.6 is 12.6 Å². The van der Waals surface area contributed by atoms with E-state index in [1.165, 1.54) is 0 Å². The molecule has 0 heterocycles. The first-order valence-corrected chi connectivity index (χ1v) is 11.3. The van der Waals surface area contributed by atoms with Crippen LogP contribution in [0.15, 0.2) is 0 Å². The number of unbranched alkanes of at least 4 members (excludes halogenated alkanes) is 2. The van der Waals surface area contributed by atoms with Crippen LogP contribution in [-0.4, -0.2) is 82.9 Å². The number of thiol groups is 1. The Kier molecular flexibility index (Phi) is 15.9. The third kappa shape index (κ3) is 13.0. The predicted molar refractivity (Wildman–Crippen MR) is 123 cm³/mol. The van der Waals surface area contributed by atoms with Gasteiger partial charge in [0.25, 0.3) is 0 Å². The first-order valence-electron chi connectivity index (χ1n) is 10.7. The van der Waals surface area contributed by atoms with Gasteiger partial charge in [0, 0.05) is 5.75 Å². The predicted octanol–water partition coefficient (Wildman–Crippen LogP) is -2.48. The first-order chi connectivity index (χ1) is 15.6. The molecule has 190 valence electrons. The molecule has 33 heavy (non-hydrogen) atoms. The van der Waals surface area contributed by atoms with Gasteiger partial charge in [-0.2, -0.15) is 12.6 Å². The van der Waals surface area contributed by atoms with Crippen molar-refractivity contribution in [3.8, 4) is 0 Å². The maximum Gasteiger partial charge on any atom is 0.326 e. The van der Waals surface area contributed by atoms with E-state index in [0.717, 1.165) is 0 Å². The summed E-state index contributed by atoms with van der Waals surface area (Å²) in [5.74, 6) is -5.05. The molecule has 0 aromatic heterocycles. The van der Waals surface area contributed by atoms with E-state index in [-0.39, 0.29) is 18.6 Å². The number of carboxylic acid groups (broad SMARTS) is 2. The van der Waals surface area contributed by atoms with Crippen LogP contribution in [0.25, 0.3) is 0 Å². The molecule has 0 aliphatic rings. The molecule has 0 aromatic carbocycles. The normalized spacial score (nSPS) is 14.4. The molecule has 0 spiro atoms. The average molecular weight is 493 g/mol. The number of hydrogen-bond acceptors (Lipinski definition) is 9. The lowest BCUT2D eigenvalue weighted by Crippen LogP contribution is -2.57. The highest BCUT2D eigenvalue weighted by molar-refractivity contribution is 7.80. The number of carbonyl (C=O) groups is 5. The monoisotopic (exact) mass is 492 g/mol. The molecule has 0 saturated heterocycles. The highest BCUT2D eigenvalue weighted by atomic mass is 32.1. The van der Waals surface area contributed by atoms with Crippen LogP contribution in [-0.2, 0) is 24.0 Å². The molecule has 0 radical (unpaired) electrons. The van der Waals surface area contributed by atoms with E-state index >= 15 is 0 Å². The van der Waals surface area contributed by atoms with Gasteiger partial charge in [-0.15, -0.1) is 0 Å². The van der Waals surface area contributed by atoms with Gasteiger partial charge in [0.05, 0.1) is 12.5 Å². The zero-order valence-corrected chi connectivity index (χ0v) is 19.4. The number of hydrogen-bond donors (Lipinski definition) is 9. The van der Waals surface area contributed by atoms with E-state index in [9.17, 15) is 29.1 Å². The SMILES string of the molecule is NCCCCC(NC(=O)C(CC(=O)O)NC(=O)C(CCCCN)NC(=O)C(N)CS)C(=O)O. The van der Waals surface area contributed by atoms with Crippen molar-refractivity contribution >= 4 is 42.3 Å². The van der Waals surface area contributed by atoms with E-state index in [1.807, 2.05) is 0 Å². The number of nitrogens with two attached hydrogens (primary N) is 3. The molecular formula is C19H36N6O7S. The van der Waals surface area contributed by atoms with Crippen LogP contribution in [0.3, 0.4) is 0 Å². The van der Waals surface area contributed by atoms with Gasteiger partial charge in [0.2, 0.25) is 17.7 Å². The molecular weight excluding hydrogens is 456 g/mol. The molecule has 0 aliphatic heterocycles. The van der Waals surface area contributed by atoms with Crippen molar-refractivity contribution < 1.29 is 34.2 Å². The van der Waals surface area contributed by atoms with Crippen molar-refractivity contribution in [2.75, 3.05) is 18.8 Å². The van der Waals surface area contributed by atoms with E-state index < -0.39 is 60.2 Å². The van der Waals surface area contributed by atoms with Gasteiger partial charge in [0.15, 0.2) is 0 Å². The first kappa shape index (κ1) is 30.6. The summed E-state index contributed by atoms with van der Waals surface area (Å²) in [6.07, 6.45) is 1.51. The lowest BCUT2D eigenvalue weighted by molar-refractivity contribution is -0.143. The van der Waals surface area contributed by atoms with Crippen molar-refractivity contribution in [3.05, 3.63) is 0 Å². The molecule has 11 N–H and O–H groups in total. The Labute approximate surface area is 198 Å². The summed E-state index contributed by atoms with van der Waals surface area (Å²) in [4.78, 5) is 60.2. The van der Waals surface area contributed by atoms with Crippen molar-refractivity contribution in [1.82, 2.24) is 16.0 Å². The zero-order chi connectivity index (χ0) is 25.4. The summed E-state index contributed by atoms with van der Waals surface area (Å²) in [7, 11) is 0. The third-order valence-corrected chi connectivity index (χ3v) is 5.08. The second-order valence-corrected chi connectivity index (χ2v) is 7.84. The highest BCUT2D eigenvalue weighted by Crippen LogP contribution is 2.06. The third-order valence-electron chi connectivity index (χ3n) is 4.69. The second-order valence-electron chi connectivity index (χ2n) is 7.48. The molecule has 4 unspecified atom stereocenters. The summed E-state index contributed by atoms with van der Waals surface area (Å²) in [5, 5.41) is 25.5. The molecule has 4 atom stereocenters. The summed E-state index contributed by atoms with van der Waals surface area (Å²) in [6, 6.07) is -4.90. The topological polar surface area (TPSA) is 240 Å². The van der Waals surface area contributed by atoms with Crippen LogP contribution in [0.4, 0.5) is 0 Å². The zero-order valence-electron chi connectivity index (χ0n) is 18.5. The Balaban J connectivity index is 5.41. The maximum absolute atomic E-state index is 12.8. The number of carboxylic acids is 2. The van der Waals surface area contributed by atoms with Crippen molar-refractivity contribution in [1.29, 1.82) is 0 Å². The van der Waals surface area contributed by atoms with Crippen molar-refractivity contribution in [3.63, 3.8) is 0 Å². The Morgan fingerprint density at radius 1 is 0.727 bits per heavy atom. The Morgan fingerprint density at radius 3 is 1.64 bits per heavy atom. The smallest absolute Gasteiger partial charge is 0.326 e. The van der Waals surface area contributed by atoms with E-state index in [1.54, 1.807) is 0 Å². The largest absolute Gasteiger partial charge is 0.481 e. The fourth-order valence-electron chi connectivity index (χ4n) is 2.80. The molecule has 0 rings (SSSR count). The molecule has 14 heteroatoms. The minimum atomic E-state index is -1.56. The minimum Gasteiger partial charge on any atom is -0.481 e. The Morgan fingerprint density at radius 2 is 1.18 bits per heavy atom. The van der Waals surface area contributed by atoms with Gasteiger partial charge < -0.3 is 43.4 Å². The lowest BCUT2D eigenvalue weighted by Gasteiger charge is -2.24. The van der Waals surface area contributed by atoms with Crippen molar-refractivity contribution in [2.45, 2.75) is 69.1 Å². The minimum absolute atomic E-state index is 0.0355. The summed E-state index contributed by atoms with van der Waals surface area (Å²) < 4.78 is 0. The summed E-state index contributed by atoms with van der Waals surface area (Å²) in [6.45, 7) is 0.718. The van der Waals surface area contributed by atoms with Gasteiger partial charge in [-0.25, -0.2) is 4.79 Å². The molecule has 0 fully saturated rings. The van der Waals surface area contributed by atoms with E-state index in [4.69, 9.17) is 22.3 Å². The van der Waals surface area contributed by atoms with Crippen LogP contribution in [0.1, 0.15) is 44.9 Å².